The molecule has 3 rings (SSSR count). The molecular weight excluding hydrogens is 282 g/mol. The van der Waals surface area contributed by atoms with Gasteiger partial charge >= 0.3 is 0 Å². The van der Waals surface area contributed by atoms with Gasteiger partial charge in [0.15, 0.2) is 0 Å². The summed E-state index contributed by atoms with van der Waals surface area (Å²) in [6, 6.07) is 7.76. The second-order valence-electron chi connectivity index (χ2n) is 6.60. The Labute approximate surface area is 133 Å². The van der Waals surface area contributed by atoms with Crippen molar-refractivity contribution < 1.29 is 0 Å². The van der Waals surface area contributed by atoms with Crippen LogP contribution in [0.1, 0.15) is 32.3 Å². The van der Waals surface area contributed by atoms with Gasteiger partial charge in [-0.1, -0.05) is 31.5 Å². The molecule has 2 aliphatic heterocycles. The molecule has 1 N–H and O–H groups in total. The van der Waals surface area contributed by atoms with Gasteiger partial charge in [-0.05, 0) is 37.1 Å². The average Bonchev–Trinajstić information content (AvgIpc) is 2.92. The maximum absolute atomic E-state index is 6.54. The lowest BCUT2D eigenvalue weighted by Gasteiger charge is -2.39. The van der Waals surface area contributed by atoms with E-state index in [9.17, 15) is 0 Å². The van der Waals surface area contributed by atoms with E-state index in [1.165, 1.54) is 37.2 Å². The first-order valence-corrected chi connectivity index (χ1v) is 8.52. The van der Waals surface area contributed by atoms with Crippen LogP contribution in [0.15, 0.2) is 18.2 Å². The van der Waals surface area contributed by atoms with Crippen LogP contribution in [-0.2, 0) is 6.54 Å². The van der Waals surface area contributed by atoms with Crippen molar-refractivity contribution in [2.24, 2.45) is 0 Å². The molecule has 0 spiro atoms. The van der Waals surface area contributed by atoms with Crippen LogP contribution < -0.4 is 10.2 Å². The summed E-state index contributed by atoms with van der Waals surface area (Å²) < 4.78 is 0. The molecule has 0 radical (unpaired) electrons. The molecule has 3 nitrogen and oxygen atoms in total. The fourth-order valence-electron chi connectivity index (χ4n) is 3.45. The lowest BCUT2D eigenvalue weighted by molar-refractivity contribution is 0.231. The van der Waals surface area contributed by atoms with E-state index >= 15 is 0 Å². The minimum absolute atomic E-state index is 0.499. The Balaban J connectivity index is 1.68. The highest BCUT2D eigenvalue weighted by Gasteiger charge is 2.31. The molecule has 0 amide bonds. The normalized spacial score (nSPS) is 22.9. The van der Waals surface area contributed by atoms with E-state index < -0.39 is 0 Å². The Bertz CT molecular complexity index is 489. The zero-order chi connectivity index (χ0) is 14.8. The molecule has 0 bridgehead atoms. The van der Waals surface area contributed by atoms with Crippen LogP contribution in [0.3, 0.4) is 0 Å². The smallest absolute Gasteiger partial charge is 0.0642 e. The van der Waals surface area contributed by atoms with Crippen LogP contribution in [0, 0.1) is 0 Å². The van der Waals surface area contributed by atoms with Gasteiger partial charge in [-0.3, -0.25) is 4.90 Å². The average molecular weight is 308 g/mol. The fourth-order valence-corrected chi connectivity index (χ4v) is 3.77. The maximum atomic E-state index is 6.54. The molecule has 2 fully saturated rings. The number of halogens is 1. The number of rotatable bonds is 4. The number of piperazine rings is 1. The molecule has 21 heavy (non-hydrogen) atoms. The van der Waals surface area contributed by atoms with Gasteiger partial charge in [0.25, 0.3) is 0 Å². The number of hydrogen-bond acceptors (Lipinski definition) is 3. The Morgan fingerprint density at radius 3 is 2.90 bits per heavy atom. The minimum atomic E-state index is 0.499. The summed E-state index contributed by atoms with van der Waals surface area (Å²) >= 11 is 6.54. The maximum Gasteiger partial charge on any atom is 0.0642 e. The van der Waals surface area contributed by atoms with Crippen molar-refractivity contribution in [3.8, 4) is 0 Å². The molecule has 2 saturated heterocycles. The summed E-state index contributed by atoms with van der Waals surface area (Å²) in [5.41, 5.74) is 2.47. The minimum Gasteiger partial charge on any atom is -0.367 e. The molecule has 1 atom stereocenters. The Kier molecular flexibility index (Phi) is 4.72. The lowest BCUT2D eigenvalue weighted by atomic mass is 10.1. The van der Waals surface area contributed by atoms with Crippen LogP contribution in [0.5, 0.6) is 0 Å². The number of nitrogens with zero attached hydrogens (tertiary/aromatic N) is 2. The molecule has 0 aromatic heterocycles. The zero-order valence-electron chi connectivity index (χ0n) is 13.1. The monoisotopic (exact) mass is 307 g/mol. The van der Waals surface area contributed by atoms with Crippen molar-refractivity contribution >= 4 is 17.3 Å². The highest BCUT2D eigenvalue weighted by atomic mass is 35.5. The Morgan fingerprint density at radius 1 is 1.29 bits per heavy atom. The van der Waals surface area contributed by atoms with Crippen molar-refractivity contribution in [2.75, 3.05) is 31.1 Å². The van der Waals surface area contributed by atoms with Crippen molar-refractivity contribution in [2.45, 2.75) is 45.3 Å². The van der Waals surface area contributed by atoms with Crippen LogP contribution in [0.25, 0.3) is 0 Å². The quantitative estimate of drug-likeness (QED) is 0.922. The van der Waals surface area contributed by atoms with Gasteiger partial charge in [-0.25, -0.2) is 0 Å². The number of anilines is 1. The van der Waals surface area contributed by atoms with E-state index in [2.05, 4.69) is 47.2 Å². The van der Waals surface area contributed by atoms with E-state index in [-0.39, 0.29) is 0 Å². The topological polar surface area (TPSA) is 18.5 Å². The van der Waals surface area contributed by atoms with Crippen LogP contribution in [0.2, 0.25) is 5.02 Å². The molecule has 4 heteroatoms. The van der Waals surface area contributed by atoms with Crippen LogP contribution >= 0.6 is 11.6 Å². The molecule has 0 aliphatic carbocycles. The highest BCUT2D eigenvalue weighted by molar-refractivity contribution is 6.33. The van der Waals surface area contributed by atoms with Gasteiger partial charge in [0.05, 0.1) is 10.7 Å². The molecule has 1 unspecified atom stereocenters. The van der Waals surface area contributed by atoms with Gasteiger partial charge in [0, 0.05) is 38.3 Å². The molecule has 0 saturated carbocycles. The molecule has 2 aliphatic rings. The summed E-state index contributed by atoms with van der Waals surface area (Å²) in [7, 11) is 0. The zero-order valence-corrected chi connectivity index (χ0v) is 13.9. The van der Waals surface area contributed by atoms with Gasteiger partial charge in [-0.2, -0.15) is 0 Å². The van der Waals surface area contributed by atoms with Gasteiger partial charge < -0.3 is 10.2 Å². The van der Waals surface area contributed by atoms with E-state index in [4.69, 9.17) is 11.6 Å². The summed E-state index contributed by atoms with van der Waals surface area (Å²) in [6.45, 7) is 9.90. The highest BCUT2D eigenvalue weighted by Crippen LogP contribution is 2.31. The van der Waals surface area contributed by atoms with Gasteiger partial charge in [0.2, 0.25) is 0 Å². The number of benzene rings is 1. The lowest BCUT2D eigenvalue weighted by Crippen LogP contribution is -2.50. The first-order valence-electron chi connectivity index (χ1n) is 8.14. The summed E-state index contributed by atoms with van der Waals surface area (Å²) in [5, 5.41) is 4.33. The third kappa shape index (κ3) is 3.53. The SMILES string of the molecule is CC(C)NCc1ccc(N2CCN3CCCC3C2)c(Cl)c1. The third-order valence-corrected chi connectivity index (χ3v) is 4.96. The standard InChI is InChI=1S/C17H26ClN3/c1-13(2)19-11-14-5-6-17(16(18)10-14)21-9-8-20-7-3-4-15(20)12-21/h5-6,10,13,15,19H,3-4,7-9,11-12H2,1-2H3. The number of hydrogen-bond donors (Lipinski definition) is 1. The first kappa shape index (κ1) is 15.1. The van der Waals surface area contributed by atoms with Gasteiger partial charge in [0.1, 0.15) is 0 Å². The molecular formula is C17H26ClN3. The summed E-state index contributed by atoms with van der Waals surface area (Å²) in [6.07, 6.45) is 2.69. The number of fused-ring (bicyclic) bond motifs is 1. The van der Waals surface area contributed by atoms with E-state index in [1.807, 2.05) is 0 Å². The second kappa shape index (κ2) is 6.55. The van der Waals surface area contributed by atoms with Crippen molar-refractivity contribution in [1.29, 1.82) is 0 Å². The van der Waals surface area contributed by atoms with Crippen molar-refractivity contribution in [3.05, 3.63) is 28.8 Å². The van der Waals surface area contributed by atoms with E-state index in [0.29, 0.717) is 6.04 Å². The van der Waals surface area contributed by atoms with Crippen molar-refractivity contribution in [1.82, 2.24) is 10.2 Å². The third-order valence-electron chi connectivity index (χ3n) is 4.65. The molecule has 2 heterocycles. The number of nitrogens with one attached hydrogen (secondary N) is 1. The Morgan fingerprint density at radius 2 is 2.14 bits per heavy atom. The molecule has 116 valence electrons. The Hall–Kier alpha value is -0.770. The van der Waals surface area contributed by atoms with Crippen LogP contribution in [0.4, 0.5) is 5.69 Å². The van der Waals surface area contributed by atoms with E-state index in [0.717, 1.165) is 30.7 Å². The summed E-state index contributed by atoms with van der Waals surface area (Å²) in [4.78, 5) is 5.10. The molecule has 1 aromatic carbocycles. The predicted molar refractivity (Wildman–Crippen MR) is 90.2 cm³/mol. The fraction of sp³-hybridized carbons (Fsp3) is 0.647. The second-order valence-corrected chi connectivity index (χ2v) is 7.01. The van der Waals surface area contributed by atoms with Gasteiger partial charge in [-0.15, -0.1) is 0 Å². The van der Waals surface area contributed by atoms with Crippen molar-refractivity contribution in [3.63, 3.8) is 0 Å². The summed E-state index contributed by atoms with van der Waals surface area (Å²) in [5.74, 6) is 0. The molecule has 1 aromatic rings. The van der Waals surface area contributed by atoms with Crippen LogP contribution in [-0.4, -0.2) is 43.2 Å². The first-order chi connectivity index (χ1) is 10.1. The van der Waals surface area contributed by atoms with E-state index in [1.54, 1.807) is 0 Å². The largest absolute Gasteiger partial charge is 0.367 e. The predicted octanol–water partition coefficient (Wildman–Crippen LogP) is 3.12.